The molecule has 0 N–H and O–H groups in total. The van der Waals surface area contributed by atoms with Gasteiger partial charge in [-0.3, -0.25) is 4.79 Å². The van der Waals surface area contributed by atoms with E-state index in [0.29, 0.717) is 37.1 Å². The summed E-state index contributed by atoms with van der Waals surface area (Å²) in [5.74, 6) is 0.819. The molecule has 4 heterocycles. The van der Waals surface area contributed by atoms with Gasteiger partial charge in [-0.15, -0.1) is 21.5 Å². The molecule has 1 fully saturated rings. The van der Waals surface area contributed by atoms with E-state index in [1.165, 1.54) is 11.3 Å². The van der Waals surface area contributed by atoms with E-state index in [4.69, 9.17) is 9.15 Å². The predicted molar refractivity (Wildman–Crippen MR) is 87.6 cm³/mol. The zero-order valence-electron chi connectivity index (χ0n) is 13.1. The van der Waals surface area contributed by atoms with Crippen LogP contribution in [0.4, 0.5) is 0 Å². The van der Waals surface area contributed by atoms with E-state index in [1.807, 2.05) is 35.3 Å². The number of rotatable bonds is 3. The molecule has 0 saturated carbocycles. The molecule has 8 heteroatoms. The summed E-state index contributed by atoms with van der Waals surface area (Å²) in [4.78, 5) is 15.5. The Labute approximate surface area is 142 Å². The monoisotopic (exact) mass is 344 g/mol. The van der Waals surface area contributed by atoms with Crippen LogP contribution in [-0.4, -0.2) is 45.3 Å². The highest BCUT2D eigenvalue weighted by molar-refractivity contribution is 7.13. The van der Waals surface area contributed by atoms with Crippen molar-refractivity contribution in [2.75, 3.05) is 19.8 Å². The lowest BCUT2D eigenvalue weighted by Gasteiger charge is -2.33. The van der Waals surface area contributed by atoms with Crippen LogP contribution in [0.2, 0.25) is 0 Å². The first-order valence-electron chi connectivity index (χ1n) is 7.60. The van der Waals surface area contributed by atoms with Gasteiger partial charge in [-0.05, 0) is 17.5 Å². The molecule has 7 nitrogen and oxygen atoms in total. The van der Waals surface area contributed by atoms with Crippen molar-refractivity contribution in [2.45, 2.75) is 6.04 Å². The van der Waals surface area contributed by atoms with Gasteiger partial charge in [0, 0.05) is 26.0 Å². The number of nitrogens with zero attached hydrogens (tertiary/aromatic N) is 4. The van der Waals surface area contributed by atoms with Crippen LogP contribution in [0.1, 0.15) is 22.3 Å². The summed E-state index contributed by atoms with van der Waals surface area (Å²) in [6.07, 6.45) is 3.66. The van der Waals surface area contributed by atoms with Crippen molar-refractivity contribution in [1.29, 1.82) is 0 Å². The Kier molecular flexibility index (Phi) is 3.91. The van der Waals surface area contributed by atoms with Gasteiger partial charge in [0.25, 0.3) is 11.8 Å². The third-order valence-corrected chi connectivity index (χ3v) is 4.78. The summed E-state index contributed by atoms with van der Waals surface area (Å²) in [6.45, 7) is 1.35. The number of aryl methyl sites for hydroxylation is 1. The van der Waals surface area contributed by atoms with E-state index >= 15 is 0 Å². The van der Waals surface area contributed by atoms with Crippen LogP contribution in [0.3, 0.4) is 0 Å². The SMILES string of the molecule is Cn1ccc(C(=O)N2CCOCC2c2nnc(-c3cccs3)o2)c1. The first-order chi connectivity index (χ1) is 11.7. The minimum atomic E-state index is -0.368. The fourth-order valence-electron chi connectivity index (χ4n) is 2.72. The minimum absolute atomic E-state index is 0.0558. The summed E-state index contributed by atoms with van der Waals surface area (Å²) in [5.41, 5.74) is 0.641. The summed E-state index contributed by atoms with van der Waals surface area (Å²) in [5, 5.41) is 10.2. The smallest absolute Gasteiger partial charge is 0.257 e. The van der Waals surface area contributed by atoms with Gasteiger partial charge in [0.05, 0.1) is 23.7 Å². The van der Waals surface area contributed by atoms with Crippen LogP contribution in [0.15, 0.2) is 40.4 Å². The van der Waals surface area contributed by atoms with Crippen molar-refractivity contribution in [1.82, 2.24) is 19.7 Å². The van der Waals surface area contributed by atoms with Crippen molar-refractivity contribution >= 4 is 17.2 Å². The first kappa shape index (κ1) is 15.1. The topological polar surface area (TPSA) is 73.4 Å². The number of amides is 1. The lowest BCUT2D eigenvalue weighted by atomic mass is 10.2. The molecule has 1 aliphatic heterocycles. The molecule has 3 aromatic rings. The summed E-state index contributed by atoms with van der Waals surface area (Å²) < 4.78 is 13.2. The Morgan fingerprint density at radius 2 is 2.29 bits per heavy atom. The normalized spacial score (nSPS) is 18.0. The average Bonchev–Trinajstić information content (AvgIpc) is 3.35. The number of carbonyl (C=O) groups excluding carboxylic acids is 1. The molecule has 1 aliphatic rings. The van der Waals surface area contributed by atoms with Crippen molar-refractivity contribution in [2.24, 2.45) is 7.05 Å². The second-order valence-corrected chi connectivity index (χ2v) is 6.53. The van der Waals surface area contributed by atoms with Crippen LogP contribution in [0.5, 0.6) is 0 Å². The Hall–Kier alpha value is -2.45. The molecule has 4 rings (SSSR count). The van der Waals surface area contributed by atoms with Gasteiger partial charge in [-0.2, -0.15) is 0 Å². The number of ether oxygens (including phenoxy) is 1. The first-order valence-corrected chi connectivity index (χ1v) is 8.48. The number of thiophene rings is 1. The Balaban J connectivity index is 1.61. The van der Waals surface area contributed by atoms with Crippen molar-refractivity contribution in [3.63, 3.8) is 0 Å². The molecule has 0 bridgehead atoms. The molecular formula is C16H16N4O3S. The number of morpholine rings is 1. The predicted octanol–water partition coefficient (Wildman–Crippen LogP) is 2.35. The Morgan fingerprint density at radius 1 is 1.38 bits per heavy atom. The molecule has 1 amide bonds. The van der Waals surface area contributed by atoms with Gasteiger partial charge in [0.15, 0.2) is 0 Å². The fourth-order valence-corrected chi connectivity index (χ4v) is 3.36. The highest BCUT2D eigenvalue weighted by atomic mass is 32.1. The molecular weight excluding hydrogens is 328 g/mol. The molecule has 0 aliphatic carbocycles. The number of carbonyl (C=O) groups is 1. The van der Waals surface area contributed by atoms with Crippen LogP contribution in [-0.2, 0) is 11.8 Å². The molecule has 0 spiro atoms. The Morgan fingerprint density at radius 3 is 3.04 bits per heavy atom. The van der Waals surface area contributed by atoms with E-state index in [0.717, 1.165) is 4.88 Å². The molecule has 1 saturated heterocycles. The van der Waals surface area contributed by atoms with Crippen molar-refractivity contribution in [3.8, 4) is 10.8 Å². The molecule has 1 atom stereocenters. The van der Waals surface area contributed by atoms with E-state index in [2.05, 4.69) is 10.2 Å². The second-order valence-electron chi connectivity index (χ2n) is 5.58. The van der Waals surface area contributed by atoms with Gasteiger partial charge in [0.1, 0.15) is 6.04 Å². The lowest BCUT2D eigenvalue weighted by molar-refractivity contribution is -0.0103. The third kappa shape index (κ3) is 2.74. The molecule has 124 valence electrons. The van der Waals surface area contributed by atoms with Crippen molar-refractivity contribution < 1.29 is 13.9 Å². The maximum absolute atomic E-state index is 12.8. The second kappa shape index (κ2) is 6.21. The van der Waals surface area contributed by atoms with E-state index in [1.54, 1.807) is 17.2 Å². The zero-order valence-corrected chi connectivity index (χ0v) is 13.9. The van der Waals surface area contributed by atoms with Crippen molar-refractivity contribution in [3.05, 3.63) is 47.4 Å². The highest BCUT2D eigenvalue weighted by Gasteiger charge is 2.33. The largest absolute Gasteiger partial charge is 0.418 e. The summed E-state index contributed by atoms with van der Waals surface area (Å²) in [7, 11) is 1.89. The van der Waals surface area contributed by atoms with E-state index in [-0.39, 0.29) is 11.9 Å². The molecule has 3 aromatic heterocycles. The molecule has 24 heavy (non-hydrogen) atoms. The van der Waals surface area contributed by atoms with Gasteiger partial charge < -0.3 is 18.6 Å². The van der Waals surface area contributed by atoms with Gasteiger partial charge in [-0.25, -0.2) is 0 Å². The molecule has 1 unspecified atom stereocenters. The quantitative estimate of drug-likeness (QED) is 0.729. The summed E-state index contributed by atoms with van der Waals surface area (Å²) in [6, 6.07) is 5.29. The van der Waals surface area contributed by atoms with E-state index < -0.39 is 0 Å². The van der Waals surface area contributed by atoms with Gasteiger partial charge in [0.2, 0.25) is 5.89 Å². The zero-order chi connectivity index (χ0) is 16.5. The fraction of sp³-hybridized carbons (Fsp3) is 0.312. The number of hydrogen-bond acceptors (Lipinski definition) is 6. The summed E-state index contributed by atoms with van der Waals surface area (Å²) >= 11 is 1.53. The minimum Gasteiger partial charge on any atom is -0.418 e. The Bertz CT molecular complexity index is 839. The standard InChI is InChI=1S/C16H16N4O3S/c1-19-5-4-11(9-19)16(21)20-6-7-22-10-12(20)14-17-18-15(23-14)13-3-2-8-24-13/h2-5,8-9,12H,6-7,10H2,1H3. The van der Waals surface area contributed by atoms with Gasteiger partial charge in [-0.1, -0.05) is 6.07 Å². The number of aromatic nitrogens is 3. The molecule has 0 aromatic carbocycles. The van der Waals surface area contributed by atoms with E-state index in [9.17, 15) is 4.79 Å². The maximum Gasteiger partial charge on any atom is 0.257 e. The highest BCUT2D eigenvalue weighted by Crippen LogP contribution is 2.29. The van der Waals surface area contributed by atoms with Crippen LogP contribution < -0.4 is 0 Å². The number of hydrogen-bond donors (Lipinski definition) is 0. The lowest BCUT2D eigenvalue weighted by Crippen LogP contribution is -2.43. The third-order valence-electron chi connectivity index (χ3n) is 3.93. The van der Waals surface area contributed by atoms with Crippen LogP contribution in [0.25, 0.3) is 10.8 Å². The maximum atomic E-state index is 12.8. The van der Waals surface area contributed by atoms with Gasteiger partial charge >= 0.3 is 0 Å². The average molecular weight is 344 g/mol. The molecule has 0 radical (unpaired) electrons. The van der Waals surface area contributed by atoms with Crippen LogP contribution >= 0.6 is 11.3 Å². The van der Waals surface area contributed by atoms with Crippen LogP contribution in [0, 0.1) is 0 Å².